The SMILES string of the molecule is CN(C)C(=O)[C@]1(CCS(=O)(=O)c2ccccc2)N=C(c2ccc(OCCCO)cc2)O[C@@H]1c1ccccc1. The van der Waals surface area contributed by atoms with Gasteiger partial charge in [-0.1, -0.05) is 48.5 Å². The first kappa shape index (κ1) is 27.3. The van der Waals surface area contributed by atoms with Crippen molar-refractivity contribution >= 4 is 21.6 Å². The van der Waals surface area contributed by atoms with Gasteiger partial charge in [0.05, 0.1) is 17.3 Å². The third-order valence-electron chi connectivity index (χ3n) is 6.37. The van der Waals surface area contributed by atoms with E-state index in [4.69, 9.17) is 19.6 Å². The van der Waals surface area contributed by atoms with Crippen LogP contribution in [0.1, 0.15) is 30.1 Å². The van der Waals surface area contributed by atoms with Gasteiger partial charge in [-0.15, -0.1) is 0 Å². The summed E-state index contributed by atoms with van der Waals surface area (Å²) in [5.41, 5.74) is -0.125. The Kier molecular flexibility index (Phi) is 8.48. The van der Waals surface area contributed by atoms with Crippen molar-refractivity contribution in [2.24, 2.45) is 4.99 Å². The molecule has 0 bridgehead atoms. The molecule has 1 aliphatic rings. The van der Waals surface area contributed by atoms with Gasteiger partial charge in [0.25, 0.3) is 5.91 Å². The third-order valence-corrected chi connectivity index (χ3v) is 8.10. The molecule has 0 aliphatic carbocycles. The van der Waals surface area contributed by atoms with E-state index in [1.807, 2.05) is 30.3 Å². The molecule has 9 heteroatoms. The summed E-state index contributed by atoms with van der Waals surface area (Å²) in [6.45, 7) is 0.436. The minimum absolute atomic E-state index is 0.0472. The van der Waals surface area contributed by atoms with Crippen LogP contribution in [0.25, 0.3) is 0 Å². The van der Waals surface area contributed by atoms with E-state index in [0.29, 0.717) is 24.3 Å². The summed E-state index contributed by atoms with van der Waals surface area (Å²) in [5.74, 6) is 0.268. The fourth-order valence-corrected chi connectivity index (χ4v) is 5.79. The molecule has 2 atom stereocenters. The smallest absolute Gasteiger partial charge is 0.254 e. The molecule has 0 fully saturated rings. The van der Waals surface area contributed by atoms with Crippen LogP contribution < -0.4 is 4.74 Å². The second-order valence-electron chi connectivity index (χ2n) is 9.28. The average molecular weight is 537 g/mol. The Balaban J connectivity index is 1.73. The van der Waals surface area contributed by atoms with E-state index in [-0.39, 0.29) is 35.5 Å². The molecule has 38 heavy (non-hydrogen) atoms. The summed E-state index contributed by atoms with van der Waals surface area (Å²) < 4.78 is 38.4. The first-order valence-corrected chi connectivity index (χ1v) is 14.1. The highest BCUT2D eigenvalue weighted by Crippen LogP contribution is 2.43. The number of aliphatic imine (C=N–C) groups is 1. The summed E-state index contributed by atoms with van der Waals surface area (Å²) in [6.07, 6.45) is -0.357. The number of ether oxygens (including phenoxy) is 2. The Hall–Kier alpha value is -3.69. The number of rotatable bonds is 11. The van der Waals surface area contributed by atoms with Crippen molar-refractivity contribution in [2.75, 3.05) is 33.1 Å². The van der Waals surface area contributed by atoms with Crippen molar-refractivity contribution in [3.63, 3.8) is 0 Å². The van der Waals surface area contributed by atoms with Gasteiger partial charge in [-0.05, 0) is 42.0 Å². The predicted octanol–water partition coefficient (Wildman–Crippen LogP) is 3.66. The number of sulfone groups is 1. The quantitative estimate of drug-likeness (QED) is 0.375. The summed E-state index contributed by atoms with van der Waals surface area (Å²) >= 11 is 0. The van der Waals surface area contributed by atoms with E-state index in [1.165, 1.54) is 4.90 Å². The van der Waals surface area contributed by atoms with E-state index < -0.39 is 21.5 Å². The standard InChI is InChI=1S/C29H32N2O6S/c1-31(2)28(33)29(18-21-38(34,35)25-12-7-4-8-13-25)26(22-10-5-3-6-11-22)37-27(30-29)23-14-16-24(17-15-23)36-20-9-19-32/h3-8,10-17,26,32H,9,18-21H2,1-2H3/t26-,29-/m1/s1. The van der Waals surface area contributed by atoms with E-state index >= 15 is 0 Å². The Labute approximate surface area is 223 Å². The minimum Gasteiger partial charge on any atom is -0.494 e. The fourth-order valence-electron chi connectivity index (χ4n) is 4.40. The molecule has 1 heterocycles. The maximum absolute atomic E-state index is 13.8. The molecule has 1 aliphatic heterocycles. The topological polar surface area (TPSA) is 106 Å². The molecule has 0 saturated heterocycles. The molecule has 4 rings (SSSR count). The second kappa shape index (κ2) is 11.8. The van der Waals surface area contributed by atoms with Crippen LogP contribution in [0.2, 0.25) is 0 Å². The number of nitrogens with zero attached hydrogens (tertiary/aromatic N) is 2. The van der Waals surface area contributed by atoms with Crippen LogP contribution in [0, 0.1) is 0 Å². The largest absolute Gasteiger partial charge is 0.494 e. The highest BCUT2D eigenvalue weighted by molar-refractivity contribution is 7.91. The predicted molar refractivity (Wildman–Crippen MR) is 145 cm³/mol. The van der Waals surface area contributed by atoms with E-state index in [2.05, 4.69) is 0 Å². The van der Waals surface area contributed by atoms with Gasteiger partial charge in [0.15, 0.2) is 21.5 Å². The Morgan fingerprint density at radius 1 is 1.00 bits per heavy atom. The molecular weight excluding hydrogens is 504 g/mol. The van der Waals surface area contributed by atoms with Crippen LogP contribution >= 0.6 is 0 Å². The number of benzene rings is 3. The zero-order chi connectivity index (χ0) is 27.2. The van der Waals surface area contributed by atoms with E-state index in [1.54, 1.807) is 68.7 Å². The van der Waals surface area contributed by atoms with Crippen molar-refractivity contribution in [1.82, 2.24) is 4.90 Å². The Bertz CT molecular complexity index is 1360. The lowest BCUT2D eigenvalue weighted by atomic mass is 9.84. The molecule has 1 amide bonds. The van der Waals surface area contributed by atoms with Gasteiger partial charge in [0.1, 0.15) is 5.75 Å². The molecule has 0 spiro atoms. The molecule has 3 aromatic rings. The third kappa shape index (κ3) is 5.89. The summed E-state index contributed by atoms with van der Waals surface area (Å²) in [7, 11) is -0.422. The molecule has 8 nitrogen and oxygen atoms in total. The van der Waals surface area contributed by atoms with Gasteiger partial charge in [0, 0.05) is 39.1 Å². The number of carbonyl (C=O) groups is 1. The number of carbonyl (C=O) groups excluding carboxylic acids is 1. The lowest BCUT2D eigenvalue weighted by molar-refractivity contribution is -0.137. The molecule has 0 radical (unpaired) electrons. The number of hydrogen-bond donors (Lipinski definition) is 1. The zero-order valence-electron chi connectivity index (χ0n) is 21.5. The van der Waals surface area contributed by atoms with Crippen LogP contribution in [0.4, 0.5) is 0 Å². The first-order valence-electron chi connectivity index (χ1n) is 12.4. The number of hydrogen-bond acceptors (Lipinski definition) is 7. The lowest BCUT2D eigenvalue weighted by Gasteiger charge is -2.32. The van der Waals surface area contributed by atoms with Crippen molar-refractivity contribution < 1.29 is 27.8 Å². The van der Waals surface area contributed by atoms with Crippen molar-refractivity contribution in [3.05, 3.63) is 96.1 Å². The second-order valence-corrected chi connectivity index (χ2v) is 11.4. The van der Waals surface area contributed by atoms with Crippen LogP contribution in [-0.4, -0.2) is 68.8 Å². The molecule has 0 saturated carbocycles. The zero-order valence-corrected chi connectivity index (χ0v) is 22.3. The van der Waals surface area contributed by atoms with Gasteiger partial charge >= 0.3 is 0 Å². The van der Waals surface area contributed by atoms with Gasteiger partial charge in [0.2, 0.25) is 5.90 Å². The fraction of sp³-hybridized carbons (Fsp3) is 0.310. The van der Waals surface area contributed by atoms with E-state index in [0.717, 1.165) is 5.56 Å². The molecule has 3 aromatic carbocycles. The maximum atomic E-state index is 13.8. The molecular formula is C29H32N2O6S. The van der Waals surface area contributed by atoms with Gasteiger partial charge < -0.3 is 19.5 Å². The van der Waals surface area contributed by atoms with Gasteiger partial charge in [-0.2, -0.15) is 0 Å². The molecule has 0 unspecified atom stereocenters. The highest BCUT2D eigenvalue weighted by atomic mass is 32.2. The van der Waals surface area contributed by atoms with Crippen LogP contribution in [0.15, 0.2) is 94.8 Å². The Morgan fingerprint density at radius 3 is 2.24 bits per heavy atom. The van der Waals surface area contributed by atoms with Gasteiger partial charge in [-0.25, -0.2) is 13.4 Å². The van der Waals surface area contributed by atoms with Crippen LogP contribution in [0.5, 0.6) is 5.75 Å². The van der Waals surface area contributed by atoms with Crippen LogP contribution in [0.3, 0.4) is 0 Å². The van der Waals surface area contributed by atoms with Crippen molar-refractivity contribution in [2.45, 2.75) is 29.4 Å². The first-order chi connectivity index (χ1) is 18.3. The summed E-state index contributed by atoms with van der Waals surface area (Å²) in [6, 6.07) is 24.6. The molecule has 200 valence electrons. The number of likely N-dealkylation sites (N-methyl/N-ethyl adjacent to an activating group) is 1. The van der Waals surface area contributed by atoms with Crippen molar-refractivity contribution in [1.29, 1.82) is 0 Å². The summed E-state index contributed by atoms with van der Waals surface area (Å²) in [4.78, 5) is 20.2. The number of amides is 1. The lowest BCUT2D eigenvalue weighted by Crippen LogP contribution is -2.48. The molecule has 1 N–H and O–H groups in total. The number of aliphatic hydroxyl groups excluding tert-OH is 1. The monoisotopic (exact) mass is 536 g/mol. The average Bonchev–Trinajstić information content (AvgIpc) is 3.34. The van der Waals surface area contributed by atoms with E-state index in [9.17, 15) is 13.2 Å². The van der Waals surface area contributed by atoms with Crippen molar-refractivity contribution in [3.8, 4) is 5.75 Å². The minimum atomic E-state index is -3.68. The highest BCUT2D eigenvalue weighted by Gasteiger charge is 2.54. The molecule has 0 aromatic heterocycles. The normalized spacial score (nSPS) is 18.9. The summed E-state index contributed by atoms with van der Waals surface area (Å²) in [5, 5.41) is 8.96. The Morgan fingerprint density at radius 2 is 1.63 bits per heavy atom. The van der Waals surface area contributed by atoms with Gasteiger partial charge in [-0.3, -0.25) is 4.79 Å². The maximum Gasteiger partial charge on any atom is 0.254 e. The van der Waals surface area contributed by atoms with Crippen LogP contribution in [-0.2, 0) is 19.4 Å². The number of aliphatic hydroxyl groups is 1.